The first kappa shape index (κ1) is 32.9. The van der Waals surface area contributed by atoms with E-state index < -0.39 is 0 Å². The Labute approximate surface area is 302 Å². The average molecular weight is 729 g/mol. The van der Waals surface area contributed by atoms with E-state index in [1.165, 1.54) is 12.8 Å². The summed E-state index contributed by atoms with van der Waals surface area (Å²) in [6.07, 6.45) is 6.20. The average Bonchev–Trinajstić information content (AvgIpc) is 3.73. The molecule has 0 atom stereocenters. The number of benzene rings is 4. The second-order valence-corrected chi connectivity index (χ2v) is 13.1. The van der Waals surface area contributed by atoms with Crippen LogP contribution in [0.5, 0.6) is 0 Å². The molecule has 0 amide bonds. The first-order chi connectivity index (χ1) is 23.9. The molecule has 0 aliphatic heterocycles. The number of hydrogen-bond acceptors (Lipinski definition) is 6. The molecular formula is C37H30Cl4N8. The third-order valence-corrected chi connectivity index (χ3v) is 9.47. The van der Waals surface area contributed by atoms with Crippen LogP contribution in [0.3, 0.4) is 0 Å². The van der Waals surface area contributed by atoms with Crippen molar-refractivity contribution in [3.05, 3.63) is 117 Å². The van der Waals surface area contributed by atoms with E-state index in [0.717, 1.165) is 73.9 Å². The highest BCUT2D eigenvalue weighted by molar-refractivity contribution is 6.42. The summed E-state index contributed by atoms with van der Waals surface area (Å²) in [7, 11) is 0. The number of anilines is 4. The molecule has 8 aromatic rings. The van der Waals surface area contributed by atoms with Gasteiger partial charge < -0.3 is 20.6 Å². The largest absolute Gasteiger partial charge is 0.341 e. The molecule has 4 aromatic heterocycles. The van der Waals surface area contributed by atoms with E-state index in [4.69, 9.17) is 56.4 Å². The minimum atomic E-state index is 0.495. The second kappa shape index (κ2) is 14.5. The number of H-pyrrole nitrogens is 2. The van der Waals surface area contributed by atoms with Gasteiger partial charge in [-0.05, 0) is 55.0 Å². The van der Waals surface area contributed by atoms with Crippen LogP contribution in [-0.2, 0) is 6.42 Å². The maximum atomic E-state index is 6.15. The lowest BCUT2D eigenvalue weighted by Gasteiger charge is -2.09. The number of nitrogens with zero attached hydrogens (tertiary/aromatic N) is 4. The lowest BCUT2D eigenvalue weighted by atomic mass is 10.2. The number of pyridine rings is 2. The van der Waals surface area contributed by atoms with E-state index in [0.29, 0.717) is 31.9 Å². The van der Waals surface area contributed by atoms with Gasteiger partial charge in [0.2, 0.25) is 5.95 Å². The van der Waals surface area contributed by atoms with Crippen LogP contribution in [0.2, 0.25) is 20.1 Å². The smallest absolute Gasteiger partial charge is 0.205 e. The number of aromatic nitrogens is 6. The van der Waals surface area contributed by atoms with Crippen molar-refractivity contribution in [2.45, 2.75) is 32.6 Å². The van der Waals surface area contributed by atoms with Crippen molar-refractivity contribution in [1.82, 2.24) is 29.9 Å². The molecule has 12 heteroatoms. The van der Waals surface area contributed by atoms with Crippen molar-refractivity contribution in [3.8, 4) is 0 Å². The molecule has 0 bridgehead atoms. The van der Waals surface area contributed by atoms with Crippen LogP contribution in [-0.4, -0.2) is 29.9 Å². The van der Waals surface area contributed by atoms with Crippen molar-refractivity contribution in [3.63, 3.8) is 0 Å². The third-order valence-electron chi connectivity index (χ3n) is 8.00. The summed E-state index contributed by atoms with van der Waals surface area (Å²) in [5, 5.41) is 10.7. The summed E-state index contributed by atoms with van der Waals surface area (Å²) < 4.78 is 0. The highest BCUT2D eigenvalue weighted by Gasteiger charge is 2.14. The molecule has 0 aliphatic rings. The molecule has 0 saturated heterocycles. The van der Waals surface area contributed by atoms with Crippen molar-refractivity contribution >= 4 is 113 Å². The first-order valence-corrected chi connectivity index (χ1v) is 17.3. The van der Waals surface area contributed by atoms with Gasteiger partial charge >= 0.3 is 0 Å². The summed E-state index contributed by atoms with van der Waals surface area (Å²) in [4.78, 5) is 25.3. The molecule has 0 unspecified atom stereocenters. The number of halogens is 4. The maximum Gasteiger partial charge on any atom is 0.205 e. The summed E-state index contributed by atoms with van der Waals surface area (Å²) >= 11 is 24.1. The molecule has 49 heavy (non-hydrogen) atoms. The maximum absolute atomic E-state index is 6.15. The summed E-state index contributed by atoms with van der Waals surface area (Å²) in [5.41, 5.74) is 7.08. The Morgan fingerprint density at radius 2 is 1.27 bits per heavy atom. The lowest BCUT2D eigenvalue weighted by molar-refractivity contribution is 0.700. The van der Waals surface area contributed by atoms with E-state index in [-0.39, 0.29) is 0 Å². The Hall–Kier alpha value is -4.60. The molecule has 246 valence electrons. The minimum Gasteiger partial charge on any atom is -0.341 e. The summed E-state index contributed by atoms with van der Waals surface area (Å²) in [6, 6.07) is 26.8. The van der Waals surface area contributed by atoms with Crippen LogP contribution >= 0.6 is 46.4 Å². The van der Waals surface area contributed by atoms with Gasteiger partial charge in [-0.15, -0.1) is 0 Å². The molecule has 8 nitrogen and oxygen atoms in total. The van der Waals surface area contributed by atoms with Crippen LogP contribution in [0.15, 0.2) is 91.1 Å². The third kappa shape index (κ3) is 7.23. The van der Waals surface area contributed by atoms with Gasteiger partial charge in [0, 0.05) is 28.6 Å². The van der Waals surface area contributed by atoms with E-state index >= 15 is 0 Å². The molecule has 4 aromatic carbocycles. The molecule has 0 spiro atoms. The summed E-state index contributed by atoms with van der Waals surface area (Å²) in [5.74, 6) is 2.33. The Morgan fingerprint density at radius 1 is 0.612 bits per heavy atom. The van der Waals surface area contributed by atoms with E-state index in [2.05, 4.69) is 43.6 Å². The highest BCUT2D eigenvalue weighted by atomic mass is 35.5. The van der Waals surface area contributed by atoms with E-state index in [1.54, 1.807) is 30.5 Å². The van der Waals surface area contributed by atoms with Crippen LogP contribution < -0.4 is 10.6 Å². The predicted octanol–water partition coefficient (Wildman–Crippen LogP) is 12.1. The summed E-state index contributed by atoms with van der Waals surface area (Å²) in [6.45, 7) is 2.20. The number of imidazole rings is 2. The van der Waals surface area contributed by atoms with Crippen LogP contribution in [0, 0.1) is 0 Å². The van der Waals surface area contributed by atoms with Crippen molar-refractivity contribution in [2.24, 2.45) is 0 Å². The Morgan fingerprint density at radius 3 is 1.96 bits per heavy atom. The number of para-hydroxylation sites is 2. The molecular weight excluding hydrogens is 698 g/mol. The molecule has 0 saturated carbocycles. The van der Waals surface area contributed by atoms with Gasteiger partial charge in [0.05, 0.1) is 48.4 Å². The van der Waals surface area contributed by atoms with Crippen LogP contribution in [0.4, 0.5) is 23.1 Å². The van der Waals surface area contributed by atoms with Gasteiger partial charge in [-0.2, -0.15) is 0 Å². The zero-order chi connectivity index (χ0) is 33.9. The first-order valence-electron chi connectivity index (χ1n) is 15.8. The van der Waals surface area contributed by atoms with Gasteiger partial charge in [-0.1, -0.05) is 103 Å². The zero-order valence-corrected chi connectivity index (χ0v) is 29.3. The van der Waals surface area contributed by atoms with E-state index in [9.17, 15) is 0 Å². The van der Waals surface area contributed by atoms with Crippen molar-refractivity contribution < 1.29 is 0 Å². The molecule has 0 aliphatic carbocycles. The monoisotopic (exact) mass is 726 g/mol. The van der Waals surface area contributed by atoms with Gasteiger partial charge in [0.15, 0.2) is 5.82 Å². The van der Waals surface area contributed by atoms with E-state index in [1.807, 2.05) is 54.6 Å². The normalized spacial score (nSPS) is 11.3. The highest BCUT2D eigenvalue weighted by Crippen LogP contribution is 2.32. The van der Waals surface area contributed by atoms with Gasteiger partial charge in [-0.25, -0.2) is 15.0 Å². The number of fused-ring (bicyclic) bond motifs is 6. The SMILES string of the molecule is CCCCCc1nc2c(Nc3ccc(Cl)c(Cl)c3)nc3ccccc3c2[nH]1.Clc1ccc(Nc2nc3cnc4ccccc4c3[nH]2)cc1Cl. The Bertz CT molecular complexity index is 2440. The standard InChI is InChI=1S/C21H20Cl2N4.C16H10Cl2N4/c1-2-3-4-9-18-26-19-14-7-5-6-8-17(14)25-21(20(19)27-18)24-13-10-11-15(22)16(23)12-13;17-11-6-5-9(7-12(11)18)20-16-21-14-8-19-13-4-2-1-3-10(13)15(14)22-16/h5-8,10-12H,2-4,9H2,1H3,(H,24,25)(H,26,27);1-8H,(H2,20,21,22). The predicted molar refractivity (Wildman–Crippen MR) is 206 cm³/mol. The fraction of sp³-hybridized carbons (Fsp3) is 0.135. The number of rotatable bonds is 8. The minimum absolute atomic E-state index is 0.495. The van der Waals surface area contributed by atoms with Crippen LogP contribution in [0.1, 0.15) is 32.0 Å². The zero-order valence-electron chi connectivity index (χ0n) is 26.3. The molecule has 4 N–H and O–H groups in total. The van der Waals surface area contributed by atoms with Crippen LogP contribution in [0.25, 0.3) is 43.9 Å². The fourth-order valence-electron chi connectivity index (χ4n) is 5.59. The molecule has 0 fully saturated rings. The number of unbranched alkanes of at least 4 members (excludes halogenated alkanes) is 2. The van der Waals surface area contributed by atoms with Gasteiger partial charge in [0.1, 0.15) is 16.9 Å². The van der Waals surface area contributed by atoms with Crippen molar-refractivity contribution in [1.29, 1.82) is 0 Å². The number of aryl methyl sites for hydroxylation is 1. The van der Waals surface area contributed by atoms with Gasteiger partial charge in [-0.3, -0.25) is 4.98 Å². The number of hydrogen-bond donors (Lipinski definition) is 4. The van der Waals surface area contributed by atoms with Gasteiger partial charge in [0.25, 0.3) is 0 Å². The fourth-order valence-corrected chi connectivity index (χ4v) is 6.18. The number of nitrogens with one attached hydrogen (secondary N) is 4. The lowest BCUT2D eigenvalue weighted by Crippen LogP contribution is -1.96. The quantitative estimate of drug-likeness (QED) is 0.116. The Kier molecular flexibility index (Phi) is 9.73. The topological polar surface area (TPSA) is 107 Å². The Balaban J connectivity index is 0.000000157. The molecule has 0 radical (unpaired) electrons. The molecule has 4 heterocycles. The van der Waals surface area contributed by atoms with Crippen molar-refractivity contribution in [2.75, 3.05) is 10.6 Å². The second-order valence-electron chi connectivity index (χ2n) is 11.5. The molecule has 8 rings (SSSR count). The number of aromatic amines is 2.